The first-order valence-electron chi connectivity index (χ1n) is 8.00. The van der Waals surface area contributed by atoms with Crippen molar-refractivity contribution in [3.05, 3.63) is 35.4 Å². The Balaban J connectivity index is 2.04. The smallest absolute Gasteiger partial charge is 0.0957 e. The van der Waals surface area contributed by atoms with Crippen LogP contribution in [0, 0.1) is 5.92 Å². The normalized spacial score (nSPS) is 26.9. The second-order valence-corrected chi connectivity index (χ2v) is 6.78. The van der Waals surface area contributed by atoms with Crippen LogP contribution in [-0.2, 0) is 11.2 Å². The van der Waals surface area contributed by atoms with Crippen LogP contribution in [0.3, 0.4) is 0 Å². The molecule has 2 unspecified atom stereocenters. The highest BCUT2D eigenvalue weighted by molar-refractivity contribution is 5.25. The molecule has 2 atom stereocenters. The van der Waals surface area contributed by atoms with Crippen LogP contribution in [0.1, 0.15) is 57.8 Å². The van der Waals surface area contributed by atoms with Crippen molar-refractivity contribution in [1.29, 1.82) is 0 Å². The molecule has 2 heteroatoms. The summed E-state index contributed by atoms with van der Waals surface area (Å²) < 4.78 is 6.41. The van der Waals surface area contributed by atoms with Gasteiger partial charge in [0, 0.05) is 13.1 Å². The monoisotopic (exact) mass is 275 g/mol. The quantitative estimate of drug-likeness (QED) is 0.873. The van der Waals surface area contributed by atoms with Crippen LogP contribution in [0.25, 0.3) is 0 Å². The Morgan fingerprint density at radius 1 is 1.30 bits per heavy atom. The fourth-order valence-electron chi connectivity index (χ4n) is 3.25. The molecule has 1 aliphatic heterocycles. The average Bonchev–Trinajstić information content (AvgIpc) is 2.38. The third kappa shape index (κ3) is 4.07. The topological polar surface area (TPSA) is 21.3 Å². The Morgan fingerprint density at radius 3 is 2.60 bits per heavy atom. The summed E-state index contributed by atoms with van der Waals surface area (Å²) in [7, 11) is 0. The molecule has 2 nitrogen and oxygen atoms in total. The minimum Gasteiger partial charge on any atom is -0.365 e. The van der Waals surface area contributed by atoms with Crippen molar-refractivity contribution in [2.24, 2.45) is 5.92 Å². The van der Waals surface area contributed by atoms with Crippen molar-refractivity contribution in [3.8, 4) is 0 Å². The molecule has 1 fully saturated rings. The van der Waals surface area contributed by atoms with Gasteiger partial charge in [-0.25, -0.2) is 0 Å². The molecular formula is C18H29NO. The van der Waals surface area contributed by atoms with Crippen molar-refractivity contribution in [3.63, 3.8) is 0 Å². The molecule has 0 aliphatic carbocycles. The molecule has 20 heavy (non-hydrogen) atoms. The van der Waals surface area contributed by atoms with E-state index in [0.717, 1.165) is 25.9 Å². The summed E-state index contributed by atoms with van der Waals surface area (Å²) in [6.45, 7) is 10.9. The van der Waals surface area contributed by atoms with Crippen LogP contribution in [0.4, 0.5) is 0 Å². The highest BCUT2D eigenvalue weighted by atomic mass is 16.5. The van der Waals surface area contributed by atoms with Crippen molar-refractivity contribution >= 4 is 0 Å². The molecule has 112 valence electrons. The molecule has 0 radical (unpaired) electrons. The van der Waals surface area contributed by atoms with Crippen LogP contribution < -0.4 is 5.32 Å². The lowest BCUT2D eigenvalue weighted by atomic mass is 9.91. The maximum Gasteiger partial charge on any atom is 0.0957 e. The summed E-state index contributed by atoms with van der Waals surface area (Å²) >= 11 is 0. The molecule has 1 N–H and O–H groups in total. The van der Waals surface area contributed by atoms with Crippen molar-refractivity contribution < 1.29 is 4.74 Å². The Labute approximate surface area is 123 Å². The largest absolute Gasteiger partial charge is 0.365 e. The lowest BCUT2D eigenvalue weighted by Gasteiger charge is -2.40. The number of aryl methyl sites for hydroxylation is 1. The molecule has 1 aliphatic rings. The van der Waals surface area contributed by atoms with E-state index in [0.29, 0.717) is 5.92 Å². The first kappa shape index (κ1) is 15.5. The standard InChI is InChI=1S/C18H29NO/c1-5-6-15-7-9-16(10-8-15)17-12-19-13-18(4,20-17)11-14(2)3/h7-10,14,17,19H,5-6,11-13H2,1-4H3. The number of hydrogen-bond donors (Lipinski definition) is 1. The molecule has 0 aromatic heterocycles. The predicted octanol–water partition coefficient (Wildman–Crippen LogP) is 4.10. The van der Waals surface area contributed by atoms with Crippen molar-refractivity contribution in [1.82, 2.24) is 5.32 Å². The molecular weight excluding hydrogens is 246 g/mol. The average molecular weight is 275 g/mol. The molecule has 0 bridgehead atoms. The lowest BCUT2D eigenvalue weighted by Crippen LogP contribution is -2.49. The predicted molar refractivity (Wildman–Crippen MR) is 85.0 cm³/mol. The van der Waals surface area contributed by atoms with Gasteiger partial charge in [0.25, 0.3) is 0 Å². The van der Waals surface area contributed by atoms with Gasteiger partial charge < -0.3 is 10.1 Å². The van der Waals surface area contributed by atoms with Gasteiger partial charge in [0.2, 0.25) is 0 Å². The molecule has 1 heterocycles. The lowest BCUT2D eigenvalue weighted by molar-refractivity contribution is -0.117. The molecule has 1 aromatic carbocycles. The maximum absolute atomic E-state index is 6.41. The number of morpholine rings is 1. The Morgan fingerprint density at radius 2 is 2.00 bits per heavy atom. The minimum atomic E-state index is -0.0425. The molecule has 1 aromatic rings. The summed E-state index contributed by atoms with van der Waals surface area (Å²) in [4.78, 5) is 0. The van der Waals surface area contributed by atoms with Crippen LogP contribution in [0.15, 0.2) is 24.3 Å². The highest BCUT2D eigenvalue weighted by Gasteiger charge is 2.33. The van der Waals surface area contributed by atoms with Gasteiger partial charge in [-0.15, -0.1) is 0 Å². The van der Waals surface area contributed by atoms with Crippen LogP contribution in [0.2, 0.25) is 0 Å². The zero-order valence-corrected chi connectivity index (χ0v) is 13.4. The number of rotatable bonds is 5. The SMILES string of the molecule is CCCc1ccc(C2CNCC(C)(CC(C)C)O2)cc1. The summed E-state index contributed by atoms with van der Waals surface area (Å²) in [6.07, 6.45) is 3.65. The Kier molecular flexibility index (Phi) is 5.22. The van der Waals surface area contributed by atoms with Gasteiger partial charge in [0.1, 0.15) is 0 Å². The zero-order valence-electron chi connectivity index (χ0n) is 13.4. The third-order valence-electron chi connectivity index (χ3n) is 3.99. The maximum atomic E-state index is 6.41. The van der Waals surface area contributed by atoms with E-state index in [1.807, 2.05) is 0 Å². The van der Waals surface area contributed by atoms with Gasteiger partial charge in [-0.3, -0.25) is 0 Å². The summed E-state index contributed by atoms with van der Waals surface area (Å²) in [5.74, 6) is 0.660. The Bertz CT molecular complexity index is 412. The van der Waals surface area contributed by atoms with Gasteiger partial charge in [-0.05, 0) is 36.8 Å². The number of hydrogen-bond acceptors (Lipinski definition) is 2. The summed E-state index contributed by atoms with van der Waals surface area (Å²) in [5.41, 5.74) is 2.68. The number of benzene rings is 1. The second-order valence-electron chi connectivity index (χ2n) is 6.78. The summed E-state index contributed by atoms with van der Waals surface area (Å²) in [6, 6.07) is 8.96. The van der Waals surface area contributed by atoms with E-state index in [-0.39, 0.29) is 11.7 Å². The molecule has 0 spiro atoms. The van der Waals surface area contributed by atoms with Crippen LogP contribution >= 0.6 is 0 Å². The third-order valence-corrected chi connectivity index (χ3v) is 3.99. The van der Waals surface area contributed by atoms with Gasteiger partial charge in [-0.1, -0.05) is 51.5 Å². The molecule has 0 saturated carbocycles. The van der Waals surface area contributed by atoms with E-state index in [9.17, 15) is 0 Å². The van der Waals surface area contributed by atoms with Crippen molar-refractivity contribution in [2.45, 2.75) is 58.7 Å². The zero-order chi connectivity index (χ0) is 14.6. The van der Waals surface area contributed by atoms with Crippen molar-refractivity contribution in [2.75, 3.05) is 13.1 Å². The van der Waals surface area contributed by atoms with Crippen LogP contribution in [-0.4, -0.2) is 18.7 Å². The van der Waals surface area contributed by atoms with Gasteiger partial charge in [-0.2, -0.15) is 0 Å². The van der Waals surface area contributed by atoms with E-state index < -0.39 is 0 Å². The van der Waals surface area contributed by atoms with E-state index in [4.69, 9.17) is 4.74 Å². The number of nitrogens with one attached hydrogen (secondary N) is 1. The van der Waals surface area contributed by atoms with Gasteiger partial charge in [0.05, 0.1) is 11.7 Å². The second kappa shape index (κ2) is 6.73. The number of ether oxygens (including phenoxy) is 1. The fourth-order valence-corrected chi connectivity index (χ4v) is 3.25. The fraction of sp³-hybridized carbons (Fsp3) is 0.667. The molecule has 1 saturated heterocycles. The van der Waals surface area contributed by atoms with E-state index >= 15 is 0 Å². The van der Waals surface area contributed by atoms with Gasteiger partial charge in [0.15, 0.2) is 0 Å². The highest BCUT2D eigenvalue weighted by Crippen LogP contribution is 2.31. The first-order chi connectivity index (χ1) is 9.52. The van der Waals surface area contributed by atoms with E-state index in [1.165, 1.54) is 17.5 Å². The first-order valence-corrected chi connectivity index (χ1v) is 8.00. The van der Waals surface area contributed by atoms with E-state index in [1.54, 1.807) is 0 Å². The van der Waals surface area contributed by atoms with Gasteiger partial charge >= 0.3 is 0 Å². The summed E-state index contributed by atoms with van der Waals surface area (Å²) in [5, 5.41) is 3.54. The van der Waals surface area contributed by atoms with E-state index in [2.05, 4.69) is 57.3 Å². The minimum absolute atomic E-state index is 0.0425. The van der Waals surface area contributed by atoms with Crippen LogP contribution in [0.5, 0.6) is 0 Å². The Hall–Kier alpha value is -0.860. The molecule has 2 rings (SSSR count). The molecule has 0 amide bonds.